The van der Waals surface area contributed by atoms with E-state index in [4.69, 9.17) is 16.3 Å². The van der Waals surface area contributed by atoms with Gasteiger partial charge in [0.2, 0.25) is 0 Å². The van der Waals surface area contributed by atoms with Gasteiger partial charge in [0, 0.05) is 18.1 Å². The maximum absolute atomic E-state index is 12.1. The first kappa shape index (κ1) is 16.6. The van der Waals surface area contributed by atoms with Gasteiger partial charge in [0.15, 0.2) is 0 Å². The molecular weight excluding hydrogens is 300 g/mol. The normalized spacial score (nSPS) is 17.7. The molecule has 5 heteroatoms. The highest BCUT2D eigenvalue weighted by Gasteiger charge is 2.38. The number of rotatable bonds is 1. The molecule has 1 aromatic carbocycles. The summed E-state index contributed by atoms with van der Waals surface area (Å²) >= 11 is 6.04. The van der Waals surface area contributed by atoms with Gasteiger partial charge in [0.1, 0.15) is 5.60 Å². The van der Waals surface area contributed by atoms with Crippen molar-refractivity contribution in [3.63, 3.8) is 0 Å². The van der Waals surface area contributed by atoms with Crippen LogP contribution in [0.4, 0.5) is 4.79 Å². The van der Waals surface area contributed by atoms with Crippen molar-refractivity contribution in [3.05, 3.63) is 34.9 Å². The zero-order chi connectivity index (χ0) is 16.4. The van der Waals surface area contributed by atoms with Crippen LogP contribution in [0.1, 0.15) is 39.2 Å². The van der Waals surface area contributed by atoms with Gasteiger partial charge >= 0.3 is 6.09 Å². The first-order valence-electron chi connectivity index (χ1n) is 7.41. The maximum atomic E-state index is 12.1. The number of hydrogen-bond acceptors (Lipinski definition) is 3. The minimum absolute atomic E-state index is 0.315. The Morgan fingerprint density at radius 3 is 2.50 bits per heavy atom. The molecule has 0 unspecified atom stereocenters. The molecular formula is C17H21ClN2O2. The van der Waals surface area contributed by atoms with E-state index in [0.717, 1.165) is 5.56 Å². The topological polar surface area (TPSA) is 53.3 Å². The van der Waals surface area contributed by atoms with E-state index in [2.05, 4.69) is 6.07 Å². The Bertz CT molecular complexity index is 593. The highest BCUT2D eigenvalue weighted by Crippen LogP contribution is 2.36. The van der Waals surface area contributed by atoms with Gasteiger partial charge in [-0.05, 0) is 51.3 Å². The van der Waals surface area contributed by atoms with Gasteiger partial charge < -0.3 is 9.64 Å². The molecule has 1 aliphatic rings. The van der Waals surface area contributed by atoms with Gasteiger partial charge in [-0.15, -0.1) is 0 Å². The number of benzene rings is 1. The van der Waals surface area contributed by atoms with Crippen molar-refractivity contribution in [2.45, 2.75) is 44.6 Å². The lowest BCUT2D eigenvalue weighted by Gasteiger charge is -2.38. The minimum atomic E-state index is -0.580. The van der Waals surface area contributed by atoms with Crippen LogP contribution in [0.5, 0.6) is 0 Å². The number of ether oxygens (including phenoxy) is 1. The van der Waals surface area contributed by atoms with Crippen LogP contribution in [0, 0.1) is 11.3 Å². The van der Waals surface area contributed by atoms with Gasteiger partial charge in [-0.1, -0.05) is 23.7 Å². The quantitative estimate of drug-likeness (QED) is 0.781. The van der Waals surface area contributed by atoms with E-state index in [-0.39, 0.29) is 6.09 Å². The molecule has 0 aliphatic carbocycles. The van der Waals surface area contributed by atoms with E-state index in [9.17, 15) is 10.1 Å². The number of amides is 1. The molecule has 1 saturated heterocycles. The number of likely N-dealkylation sites (tertiary alicyclic amines) is 1. The van der Waals surface area contributed by atoms with Crippen LogP contribution in [0.25, 0.3) is 0 Å². The summed E-state index contributed by atoms with van der Waals surface area (Å²) in [7, 11) is 0. The predicted molar refractivity (Wildman–Crippen MR) is 85.8 cm³/mol. The van der Waals surface area contributed by atoms with Crippen molar-refractivity contribution in [1.29, 1.82) is 5.26 Å². The number of hydrogen-bond donors (Lipinski definition) is 0. The molecule has 1 aromatic rings. The van der Waals surface area contributed by atoms with Crippen LogP contribution in [-0.4, -0.2) is 29.7 Å². The van der Waals surface area contributed by atoms with Crippen LogP contribution in [0.15, 0.2) is 24.3 Å². The predicted octanol–water partition coefficient (Wildman–Crippen LogP) is 4.13. The number of halogens is 1. The van der Waals surface area contributed by atoms with Gasteiger partial charge in [0.25, 0.3) is 0 Å². The van der Waals surface area contributed by atoms with E-state index in [0.29, 0.717) is 31.0 Å². The monoisotopic (exact) mass is 320 g/mol. The third-order valence-corrected chi connectivity index (χ3v) is 4.10. The smallest absolute Gasteiger partial charge is 0.410 e. The number of piperidine rings is 1. The molecule has 1 heterocycles. The number of nitriles is 1. The Balaban J connectivity index is 2.09. The van der Waals surface area contributed by atoms with Crippen molar-refractivity contribution < 1.29 is 9.53 Å². The molecule has 22 heavy (non-hydrogen) atoms. The molecule has 1 aliphatic heterocycles. The summed E-state index contributed by atoms with van der Waals surface area (Å²) in [6, 6.07) is 9.86. The highest BCUT2D eigenvalue weighted by molar-refractivity contribution is 6.30. The van der Waals surface area contributed by atoms with Gasteiger partial charge in [-0.3, -0.25) is 0 Å². The van der Waals surface area contributed by atoms with E-state index in [1.165, 1.54) is 0 Å². The fraction of sp³-hybridized carbons (Fsp3) is 0.529. The average molecular weight is 321 g/mol. The molecule has 0 aromatic heterocycles. The van der Waals surface area contributed by atoms with Crippen molar-refractivity contribution in [1.82, 2.24) is 4.90 Å². The molecule has 2 rings (SSSR count). The summed E-state index contributed by atoms with van der Waals surface area (Å²) in [5.74, 6) is 0. The summed E-state index contributed by atoms with van der Waals surface area (Å²) < 4.78 is 5.39. The Labute approximate surface area is 136 Å². The second kappa shape index (κ2) is 6.18. The maximum Gasteiger partial charge on any atom is 0.410 e. The van der Waals surface area contributed by atoms with Gasteiger partial charge in [-0.2, -0.15) is 5.26 Å². The Morgan fingerprint density at radius 2 is 2.00 bits per heavy atom. The number of nitrogens with zero attached hydrogens (tertiary/aromatic N) is 2. The average Bonchev–Trinajstić information content (AvgIpc) is 2.45. The molecule has 0 radical (unpaired) electrons. The molecule has 0 atom stereocenters. The number of carbonyl (C=O) groups is 1. The zero-order valence-corrected chi connectivity index (χ0v) is 14.0. The van der Waals surface area contributed by atoms with Crippen LogP contribution >= 0.6 is 11.6 Å². The van der Waals surface area contributed by atoms with E-state index in [1.54, 1.807) is 11.0 Å². The lowest BCUT2D eigenvalue weighted by atomic mass is 9.74. The Hall–Kier alpha value is -1.73. The van der Waals surface area contributed by atoms with Crippen molar-refractivity contribution in [3.8, 4) is 6.07 Å². The molecule has 0 saturated carbocycles. The van der Waals surface area contributed by atoms with Crippen LogP contribution < -0.4 is 0 Å². The standard InChI is InChI=1S/C17H21ClN2O2/c1-16(2,3)22-15(21)20-9-7-17(12-19,8-10-20)13-5-4-6-14(18)11-13/h4-6,11H,7-10H2,1-3H3. The Kier molecular flexibility index (Phi) is 4.67. The number of carbonyl (C=O) groups excluding carboxylic acids is 1. The summed E-state index contributed by atoms with van der Waals surface area (Å²) in [5.41, 5.74) is -0.164. The largest absolute Gasteiger partial charge is 0.444 e. The van der Waals surface area contributed by atoms with Crippen molar-refractivity contribution in [2.24, 2.45) is 0 Å². The lowest BCUT2D eigenvalue weighted by Crippen LogP contribution is -2.46. The van der Waals surface area contributed by atoms with Gasteiger partial charge in [0.05, 0.1) is 11.5 Å². The molecule has 1 fully saturated rings. The highest BCUT2D eigenvalue weighted by atomic mass is 35.5. The second-order valence-electron chi connectivity index (χ2n) is 6.67. The SMILES string of the molecule is CC(C)(C)OC(=O)N1CCC(C#N)(c2cccc(Cl)c2)CC1. The van der Waals surface area contributed by atoms with E-state index in [1.807, 2.05) is 39.0 Å². The van der Waals surface area contributed by atoms with E-state index >= 15 is 0 Å². The molecule has 0 spiro atoms. The van der Waals surface area contributed by atoms with Crippen molar-refractivity contribution in [2.75, 3.05) is 13.1 Å². The zero-order valence-electron chi connectivity index (χ0n) is 13.2. The van der Waals surface area contributed by atoms with Crippen molar-refractivity contribution >= 4 is 17.7 Å². The fourth-order valence-corrected chi connectivity index (χ4v) is 2.84. The first-order chi connectivity index (χ1) is 10.3. The molecule has 118 valence electrons. The third kappa shape index (κ3) is 3.72. The lowest BCUT2D eigenvalue weighted by molar-refractivity contribution is 0.0185. The van der Waals surface area contributed by atoms with Crippen LogP contribution in [0.3, 0.4) is 0 Å². The fourth-order valence-electron chi connectivity index (χ4n) is 2.65. The molecule has 4 nitrogen and oxygen atoms in total. The van der Waals surface area contributed by atoms with Gasteiger partial charge in [-0.25, -0.2) is 4.79 Å². The second-order valence-corrected chi connectivity index (χ2v) is 7.11. The summed E-state index contributed by atoms with van der Waals surface area (Å²) in [5, 5.41) is 10.3. The third-order valence-electron chi connectivity index (χ3n) is 3.86. The van der Waals surface area contributed by atoms with Crippen LogP contribution in [0.2, 0.25) is 5.02 Å². The Morgan fingerprint density at radius 1 is 1.36 bits per heavy atom. The molecule has 0 N–H and O–H groups in total. The summed E-state index contributed by atoms with van der Waals surface area (Å²) in [6.07, 6.45) is 0.858. The minimum Gasteiger partial charge on any atom is -0.444 e. The van der Waals surface area contributed by atoms with E-state index < -0.39 is 11.0 Å². The summed E-state index contributed by atoms with van der Waals surface area (Å²) in [4.78, 5) is 13.8. The molecule has 0 bridgehead atoms. The molecule has 1 amide bonds. The van der Waals surface area contributed by atoms with Crippen LogP contribution in [-0.2, 0) is 10.2 Å². The first-order valence-corrected chi connectivity index (χ1v) is 7.79. The summed E-state index contributed by atoms with van der Waals surface area (Å²) in [6.45, 7) is 6.56.